The summed E-state index contributed by atoms with van der Waals surface area (Å²) in [5.41, 5.74) is 0.847. The number of aromatic amines is 1. The van der Waals surface area contributed by atoms with Gasteiger partial charge in [-0.25, -0.2) is 0 Å². The van der Waals surface area contributed by atoms with Gasteiger partial charge in [0.1, 0.15) is 5.69 Å². The van der Waals surface area contributed by atoms with Crippen molar-refractivity contribution in [3.8, 4) is 11.5 Å². The van der Waals surface area contributed by atoms with Crippen LogP contribution in [0.15, 0.2) is 28.9 Å². The van der Waals surface area contributed by atoms with E-state index in [-0.39, 0.29) is 0 Å². The van der Waals surface area contributed by atoms with Crippen molar-refractivity contribution in [3.05, 3.63) is 28.2 Å². The minimum absolute atomic E-state index is 0.796. The molecule has 0 radical (unpaired) electrons. The van der Waals surface area contributed by atoms with Crippen LogP contribution in [0.5, 0.6) is 0 Å². The van der Waals surface area contributed by atoms with Gasteiger partial charge in [-0.15, -0.1) is 0 Å². The van der Waals surface area contributed by atoms with E-state index >= 15 is 0 Å². The Balaban J connectivity index is 2.45. The number of hydrogen-bond acceptors (Lipinski definition) is 2. The van der Waals surface area contributed by atoms with Crippen LogP contribution in [0.2, 0.25) is 0 Å². The Hall–Kier alpha value is -0.780. The molecule has 0 aliphatic carbocycles. The first-order chi connectivity index (χ1) is 5.36. The Kier molecular flexibility index (Phi) is 1.69. The molecule has 56 valence electrons. The Morgan fingerprint density at radius 3 is 3.00 bits per heavy atom. The fourth-order valence-corrected chi connectivity index (χ4v) is 1.26. The minimum Gasteiger partial charge on any atom is -0.463 e. The van der Waals surface area contributed by atoms with Crippen LogP contribution >= 0.6 is 22.6 Å². The maximum absolute atomic E-state index is 5.15. The quantitative estimate of drug-likeness (QED) is 0.799. The maximum atomic E-state index is 5.15. The summed E-state index contributed by atoms with van der Waals surface area (Å²) in [6.07, 6.45) is 1.64. The van der Waals surface area contributed by atoms with Crippen molar-refractivity contribution in [2.75, 3.05) is 0 Å². The number of aromatic nitrogens is 2. The van der Waals surface area contributed by atoms with E-state index in [0.717, 1.165) is 15.2 Å². The van der Waals surface area contributed by atoms with E-state index in [1.807, 2.05) is 18.2 Å². The van der Waals surface area contributed by atoms with Crippen LogP contribution in [0.1, 0.15) is 0 Å². The molecule has 0 aliphatic heterocycles. The Morgan fingerprint density at radius 1 is 1.55 bits per heavy atom. The summed E-state index contributed by atoms with van der Waals surface area (Å²) in [4.78, 5) is 0. The van der Waals surface area contributed by atoms with Crippen molar-refractivity contribution in [2.45, 2.75) is 0 Å². The first kappa shape index (κ1) is 6.90. The summed E-state index contributed by atoms with van der Waals surface area (Å²) in [5.74, 6) is 0.796. The second-order valence-electron chi connectivity index (χ2n) is 2.08. The third-order valence-electron chi connectivity index (χ3n) is 1.32. The van der Waals surface area contributed by atoms with Crippen molar-refractivity contribution in [3.63, 3.8) is 0 Å². The van der Waals surface area contributed by atoms with Crippen molar-refractivity contribution in [1.82, 2.24) is 10.2 Å². The summed E-state index contributed by atoms with van der Waals surface area (Å²) in [5, 5.41) is 6.87. The molecular weight excluding hydrogens is 255 g/mol. The second kappa shape index (κ2) is 2.69. The van der Waals surface area contributed by atoms with Crippen LogP contribution in [0.25, 0.3) is 11.5 Å². The molecule has 2 rings (SSSR count). The third-order valence-corrected chi connectivity index (χ3v) is 1.87. The molecule has 0 amide bonds. The standard InChI is InChI=1S/C7H5IN2O/c8-7-4-5(9-10-7)6-2-1-3-11-6/h1-4H,(H,9,10). The molecule has 0 aromatic carbocycles. The highest BCUT2D eigenvalue weighted by Crippen LogP contribution is 2.17. The van der Waals surface area contributed by atoms with Crippen molar-refractivity contribution >= 4 is 22.6 Å². The van der Waals surface area contributed by atoms with Crippen molar-refractivity contribution < 1.29 is 4.42 Å². The van der Waals surface area contributed by atoms with Crippen LogP contribution in [0.4, 0.5) is 0 Å². The van der Waals surface area contributed by atoms with Gasteiger partial charge in [-0.1, -0.05) is 0 Å². The molecule has 0 saturated heterocycles. The van der Waals surface area contributed by atoms with E-state index in [2.05, 4.69) is 32.8 Å². The number of halogens is 1. The van der Waals surface area contributed by atoms with Gasteiger partial charge in [0.05, 0.1) is 9.96 Å². The average Bonchev–Trinajstić information content (AvgIpc) is 2.55. The van der Waals surface area contributed by atoms with E-state index in [4.69, 9.17) is 4.42 Å². The predicted molar refractivity (Wildman–Crippen MR) is 49.0 cm³/mol. The highest BCUT2D eigenvalue weighted by molar-refractivity contribution is 14.1. The molecule has 11 heavy (non-hydrogen) atoms. The van der Waals surface area contributed by atoms with Gasteiger partial charge in [-0.2, -0.15) is 5.10 Å². The van der Waals surface area contributed by atoms with Crippen LogP contribution in [-0.4, -0.2) is 10.2 Å². The van der Waals surface area contributed by atoms with Gasteiger partial charge in [0.15, 0.2) is 5.76 Å². The molecule has 0 aliphatic rings. The molecule has 0 bridgehead atoms. The molecule has 1 N–H and O–H groups in total. The highest BCUT2D eigenvalue weighted by Gasteiger charge is 2.03. The van der Waals surface area contributed by atoms with Gasteiger partial charge in [0.25, 0.3) is 0 Å². The molecule has 2 heterocycles. The number of rotatable bonds is 1. The normalized spacial score (nSPS) is 10.3. The van der Waals surface area contributed by atoms with Gasteiger partial charge in [-0.05, 0) is 34.7 Å². The van der Waals surface area contributed by atoms with E-state index < -0.39 is 0 Å². The molecule has 0 fully saturated rings. The molecule has 3 nitrogen and oxygen atoms in total. The average molecular weight is 260 g/mol. The Bertz CT molecular complexity index is 339. The molecule has 0 saturated carbocycles. The van der Waals surface area contributed by atoms with Gasteiger partial charge in [0.2, 0.25) is 0 Å². The highest BCUT2D eigenvalue weighted by atomic mass is 127. The van der Waals surface area contributed by atoms with E-state index in [9.17, 15) is 0 Å². The summed E-state index contributed by atoms with van der Waals surface area (Å²) >= 11 is 2.17. The zero-order chi connectivity index (χ0) is 7.68. The minimum atomic E-state index is 0.796. The third kappa shape index (κ3) is 1.30. The Labute approximate surface area is 76.9 Å². The maximum Gasteiger partial charge on any atom is 0.154 e. The predicted octanol–water partition coefficient (Wildman–Crippen LogP) is 2.27. The first-order valence-corrected chi connectivity index (χ1v) is 4.19. The number of hydrogen-bond donors (Lipinski definition) is 1. The van der Waals surface area contributed by atoms with Crippen LogP contribution < -0.4 is 0 Å². The molecule has 2 aromatic heterocycles. The van der Waals surface area contributed by atoms with E-state index in [1.165, 1.54) is 0 Å². The molecule has 0 atom stereocenters. The lowest BCUT2D eigenvalue weighted by atomic mass is 10.3. The van der Waals surface area contributed by atoms with Gasteiger partial charge >= 0.3 is 0 Å². The van der Waals surface area contributed by atoms with Crippen molar-refractivity contribution in [1.29, 1.82) is 0 Å². The smallest absolute Gasteiger partial charge is 0.154 e. The first-order valence-electron chi connectivity index (χ1n) is 3.11. The second-order valence-corrected chi connectivity index (χ2v) is 3.24. The topological polar surface area (TPSA) is 41.8 Å². The molecule has 2 aromatic rings. The Morgan fingerprint density at radius 2 is 2.45 bits per heavy atom. The number of furan rings is 1. The molecule has 4 heteroatoms. The summed E-state index contributed by atoms with van der Waals surface area (Å²) < 4.78 is 6.16. The van der Waals surface area contributed by atoms with E-state index in [1.54, 1.807) is 6.26 Å². The zero-order valence-corrected chi connectivity index (χ0v) is 7.70. The summed E-state index contributed by atoms with van der Waals surface area (Å²) in [6.45, 7) is 0. The van der Waals surface area contributed by atoms with Crippen molar-refractivity contribution in [2.24, 2.45) is 0 Å². The summed E-state index contributed by atoms with van der Waals surface area (Å²) in [7, 11) is 0. The number of nitrogens with one attached hydrogen (secondary N) is 1. The monoisotopic (exact) mass is 260 g/mol. The SMILES string of the molecule is Ic1cc(-c2ccco2)n[nH]1. The number of nitrogens with zero attached hydrogens (tertiary/aromatic N) is 1. The fourth-order valence-electron chi connectivity index (χ4n) is 0.849. The van der Waals surface area contributed by atoms with E-state index in [0.29, 0.717) is 0 Å². The van der Waals surface area contributed by atoms with Gasteiger partial charge < -0.3 is 4.42 Å². The lowest BCUT2D eigenvalue weighted by Crippen LogP contribution is -1.71. The van der Waals surface area contributed by atoms with Gasteiger partial charge in [0, 0.05) is 6.07 Å². The lowest BCUT2D eigenvalue weighted by molar-refractivity contribution is 0.580. The number of H-pyrrole nitrogens is 1. The van der Waals surface area contributed by atoms with Crippen LogP contribution in [-0.2, 0) is 0 Å². The largest absolute Gasteiger partial charge is 0.463 e. The van der Waals surface area contributed by atoms with Crippen LogP contribution in [0.3, 0.4) is 0 Å². The summed E-state index contributed by atoms with van der Waals surface area (Å²) in [6, 6.07) is 5.66. The molecule has 0 unspecified atom stereocenters. The lowest BCUT2D eigenvalue weighted by Gasteiger charge is -1.83. The van der Waals surface area contributed by atoms with Crippen LogP contribution in [0, 0.1) is 3.70 Å². The molecular formula is C7H5IN2O. The zero-order valence-electron chi connectivity index (χ0n) is 5.54. The van der Waals surface area contributed by atoms with Gasteiger partial charge in [-0.3, -0.25) is 5.10 Å². The molecule has 0 spiro atoms. The fraction of sp³-hybridized carbons (Fsp3) is 0.